The molecule has 5 aromatic rings. The molecule has 0 aliphatic rings. The molecule has 5 rings (SSSR count). The van der Waals surface area contributed by atoms with Crippen molar-refractivity contribution in [3.8, 4) is 34.3 Å². The van der Waals surface area contributed by atoms with Gasteiger partial charge in [0.05, 0.1) is 0 Å². The Morgan fingerprint density at radius 2 is 1.55 bits per heavy atom. The summed E-state index contributed by atoms with van der Waals surface area (Å²) in [6.45, 7) is 4.43. The highest BCUT2D eigenvalue weighted by Crippen LogP contribution is 2.42. The van der Waals surface area contributed by atoms with E-state index in [2.05, 4.69) is 11.1 Å². The van der Waals surface area contributed by atoms with E-state index in [1.807, 2.05) is 111 Å². The normalized spacial score (nSPS) is 11.0. The summed E-state index contributed by atoms with van der Waals surface area (Å²) in [6.07, 6.45) is 1.68. The molecule has 38 heavy (non-hydrogen) atoms. The van der Waals surface area contributed by atoms with E-state index in [-0.39, 0.29) is 5.88 Å². The molecule has 1 aromatic heterocycles. The Kier molecular flexibility index (Phi) is 7.40. The van der Waals surface area contributed by atoms with Gasteiger partial charge in [-0.05, 0) is 43.2 Å². The number of rotatable bonds is 7. The molecule has 0 N–H and O–H groups in total. The molecule has 4 nitrogen and oxygen atoms in total. The molecule has 0 aliphatic heterocycles. The number of nitriles is 1. The van der Waals surface area contributed by atoms with Crippen molar-refractivity contribution < 1.29 is 9.15 Å². The van der Waals surface area contributed by atoms with Gasteiger partial charge in [0.2, 0.25) is 5.88 Å². The van der Waals surface area contributed by atoms with Gasteiger partial charge in [0.15, 0.2) is 0 Å². The molecular formula is C33H25ClN2O2. The number of ether oxygens (including phenoxy) is 1. The fraction of sp³-hybridized carbons (Fsp3) is 0.0909. The van der Waals surface area contributed by atoms with Gasteiger partial charge in [-0.3, -0.25) is 0 Å². The van der Waals surface area contributed by atoms with E-state index in [4.69, 9.17) is 20.8 Å². The van der Waals surface area contributed by atoms with Crippen LogP contribution >= 0.6 is 11.6 Å². The highest BCUT2D eigenvalue weighted by molar-refractivity contribution is 6.31. The van der Waals surface area contributed by atoms with Crippen molar-refractivity contribution in [1.82, 2.24) is 0 Å². The quantitative estimate of drug-likeness (QED) is 0.203. The summed E-state index contributed by atoms with van der Waals surface area (Å²) < 4.78 is 12.2. The van der Waals surface area contributed by atoms with Crippen molar-refractivity contribution in [3.05, 3.63) is 130 Å². The first kappa shape index (κ1) is 25.1. The minimum Gasteiger partial charge on any atom is -0.489 e. The van der Waals surface area contributed by atoms with Crippen LogP contribution in [-0.2, 0) is 6.61 Å². The highest BCUT2D eigenvalue weighted by Gasteiger charge is 2.22. The summed E-state index contributed by atoms with van der Waals surface area (Å²) >= 11 is 6.25. The molecule has 4 aromatic carbocycles. The Hall–Kier alpha value is -4.59. The van der Waals surface area contributed by atoms with Crippen molar-refractivity contribution >= 4 is 23.7 Å². The second-order valence-electron chi connectivity index (χ2n) is 9.04. The first-order chi connectivity index (χ1) is 18.5. The molecule has 186 valence electrons. The van der Waals surface area contributed by atoms with Crippen LogP contribution in [0.5, 0.6) is 5.75 Å². The maximum atomic E-state index is 10.1. The minimum absolute atomic E-state index is 0.265. The molecule has 0 fully saturated rings. The van der Waals surface area contributed by atoms with E-state index >= 15 is 0 Å². The summed E-state index contributed by atoms with van der Waals surface area (Å²) in [6, 6.07) is 33.6. The molecule has 0 saturated heterocycles. The number of aryl methyl sites for hydroxylation is 2. The third kappa shape index (κ3) is 5.54. The number of aliphatic imine (C=N–C) groups is 1. The summed E-state index contributed by atoms with van der Waals surface area (Å²) in [7, 11) is 0. The van der Waals surface area contributed by atoms with Crippen LogP contribution in [0.25, 0.3) is 22.5 Å². The SMILES string of the molecule is Cc1ccc(-c2oc(N=Cc3cccc(OCc4ccccc4Cl)c3)c(C#N)c2-c2ccc(C)cc2)cc1. The predicted octanol–water partition coefficient (Wildman–Crippen LogP) is 9.09. The molecule has 0 spiro atoms. The van der Waals surface area contributed by atoms with Crippen molar-refractivity contribution in [2.24, 2.45) is 4.99 Å². The van der Waals surface area contributed by atoms with Gasteiger partial charge in [-0.15, -0.1) is 0 Å². The average Bonchev–Trinajstić information content (AvgIpc) is 3.31. The van der Waals surface area contributed by atoms with Crippen LogP contribution in [0.3, 0.4) is 0 Å². The third-order valence-electron chi connectivity index (χ3n) is 6.20. The Bertz CT molecular complexity index is 1640. The molecule has 5 heteroatoms. The van der Waals surface area contributed by atoms with Crippen LogP contribution in [0.15, 0.2) is 106 Å². The second-order valence-corrected chi connectivity index (χ2v) is 9.45. The molecule has 0 bridgehead atoms. The molecule has 0 aliphatic carbocycles. The Morgan fingerprint density at radius 3 is 2.24 bits per heavy atom. The number of furan rings is 1. The maximum absolute atomic E-state index is 10.1. The van der Waals surface area contributed by atoms with Crippen LogP contribution in [-0.4, -0.2) is 6.21 Å². The fourth-order valence-electron chi connectivity index (χ4n) is 4.11. The standard InChI is InChI=1S/C33H25ClN2O2/c1-22-10-14-25(15-11-22)31-29(19-35)33(38-32(31)26-16-12-23(2)13-17-26)36-20-24-6-5-8-28(18-24)37-21-27-7-3-4-9-30(27)34/h3-18,20H,21H2,1-2H3. The summed E-state index contributed by atoms with van der Waals surface area (Å²) in [4.78, 5) is 4.60. The lowest BCUT2D eigenvalue weighted by Gasteiger charge is -2.08. The van der Waals surface area contributed by atoms with Crippen LogP contribution in [0.1, 0.15) is 27.8 Å². The van der Waals surface area contributed by atoms with E-state index < -0.39 is 0 Å². The maximum Gasteiger partial charge on any atom is 0.238 e. The van der Waals surface area contributed by atoms with Gasteiger partial charge in [0.25, 0.3) is 0 Å². The molecule has 0 saturated carbocycles. The summed E-state index contributed by atoms with van der Waals surface area (Å²) in [5, 5.41) is 10.8. The number of benzene rings is 4. The number of hydrogen-bond acceptors (Lipinski definition) is 4. The zero-order valence-electron chi connectivity index (χ0n) is 21.1. The second kappa shape index (κ2) is 11.2. The smallest absolute Gasteiger partial charge is 0.238 e. The van der Waals surface area contributed by atoms with Crippen LogP contribution in [0.2, 0.25) is 5.02 Å². The van der Waals surface area contributed by atoms with E-state index in [0.717, 1.165) is 38.9 Å². The topological polar surface area (TPSA) is 58.5 Å². The average molecular weight is 517 g/mol. The molecule has 1 heterocycles. The Balaban J connectivity index is 1.48. The van der Waals surface area contributed by atoms with Gasteiger partial charge < -0.3 is 9.15 Å². The lowest BCUT2D eigenvalue weighted by molar-refractivity contribution is 0.306. The van der Waals surface area contributed by atoms with E-state index in [0.29, 0.717) is 28.7 Å². The first-order valence-corrected chi connectivity index (χ1v) is 12.6. The molecular weight excluding hydrogens is 492 g/mol. The van der Waals surface area contributed by atoms with Crippen LogP contribution < -0.4 is 4.74 Å². The molecule has 0 amide bonds. The Morgan fingerprint density at radius 1 is 0.868 bits per heavy atom. The summed E-state index contributed by atoms with van der Waals surface area (Å²) in [5.41, 5.74) is 6.94. The van der Waals surface area contributed by atoms with Gasteiger partial charge in [0.1, 0.15) is 29.7 Å². The van der Waals surface area contributed by atoms with Crippen LogP contribution in [0, 0.1) is 25.2 Å². The van der Waals surface area contributed by atoms with Crippen molar-refractivity contribution in [2.75, 3.05) is 0 Å². The zero-order valence-corrected chi connectivity index (χ0v) is 21.9. The molecule has 0 unspecified atom stereocenters. The molecule has 0 atom stereocenters. The minimum atomic E-state index is 0.265. The third-order valence-corrected chi connectivity index (χ3v) is 6.57. The lowest BCUT2D eigenvalue weighted by Crippen LogP contribution is -1.96. The van der Waals surface area contributed by atoms with Crippen molar-refractivity contribution in [1.29, 1.82) is 5.26 Å². The lowest BCUT2D eigenvalue weighted by atomic mass is 9.97. The Labute approximate surface area is 227 Å². The van der Waals surface area contributed by atoms with Gasteiger partial charge >= 0.3 is 0 Å². The molecule has 0 radical (unpaired) electrons. The largest absolute Gasteiger partial charge is 0.489 e. The van der Waals surface area contributed by atoms with Crippen molar-refractivity contribution in [2.45, 2.75) is 20.5 Å². The van der Waals surface area contributed by atoms with E-state index in [9.17, 15) is 5.26 Å². The zero-order chi connectivity index (χ0) is 26.5. The highest BCUT2D eigenvalue weighted by atomic mass is 35.5. The van der Waals surface area contributed by atoms with E-state index in [1.54, 1.807) is 6.21 Å². The predicted molar refractivity (Wildman–Crippen MR) is 153 cm³/mol. The monoisotopic (exact) mass is 516 g/mol. The fourth-order valence-corrected chi connectivity index (χ4v) is 4.30. The number of hydrogen-bond donors (Lipinski definition) is 0. The van der Waals surface area contributed by atoms with E-state index in [1.165, 1.54) is 0 Å². The summed E-state index contributed by atoms with van der Waals surface area (Å²) in [5.74, 6) is 1.57. The number of nitrogens with zero attached hydrogens (tertiary/aromatic N) is 2. The van der Waals surface area contributed by atoms with Crippen LogP contribution in [0.4, 0.5) is 5.88 Å². The number of halogens is 1. The van der Waals surface area contributed by atoms with Gasteiger partial charge in [-0.2, -0.15) is 5.26 Å². The van der Waals surface area contributed by atoms with Gasteiger partial charge in [-0.25, -0.2) is 4.99 Å². The first-order valence-electron chi connectivity index (χ1n) is 12.2. The van der Waals surface area contributed by atoms with Gasteiger partial charge in [-0.1, -0.05) is 102 Å². The van der Waals surface area contributed by atoms with Gasteiger partial charge in [0, 0.05) is 27.9 Å². The van der Waals surface area contributed by atoms with Crippen molar-refractivity contribution in [3.63, 3.8) is 0 Å².